The number of nitrogens with one attached hydrogen (secondary N) is 2. The molecule has 3 aromatic carbocycles. The Balaban J connectivity index is 1.29. The first-order valence-electron chi connectivity index (χ1n) is 12.0. The van der Waals surface area contributed by atoms with Crippen LogP contribution in [0.1, 0.15) is 22.4 Å². The number of rotatable bonds is 5. The van der Waals surface area contributed by atoms with Crippen molar-refractivity contribution in [1.29, 1.82) is 0 Å². The van der Waals surface area contributed by atoms with Gasteiger partial charge in [-0.25, -0.2) is 9.97 Å². The molecule has 36 heavy (non-hydrogen) atoms. The maximum Gasteiger partial charge on any atom is 0.146 e. The second-order valence-electron chi connectivity index (χ2n) is 9.27. The first kappa shape index (κ1) is 21.8. The predicted octanol–water partition coefficient (Wildman–Crippen LogP) is 4.47. The molecule has 2 aliphatic rings. The summed E-state index contributed by atoms with van der Waals surface area (Å²) < 4.78 is 0. The van der Waals surface area contributed by atoms with Crippen molar-refractivity contribution >= 4 is 51.1 Å². The number of hydrogen-bond donors (Lipinski definition) is 2. The molecule has 7 rings (SSSR count). The number of benzene rings is 3. The van der Waals surface area contributed by atoms with E-state index >= 15 is 0 Å². The standard InChI is InChI=1S/C28H22N4O2P2/c33-13-35-27-29-12-25(31-27)17-2-1-15-11-23-16(9-18(15)10-17)3-4-19-20-7-8-24-26(22(20)6-5-21(19)23)32-28(30-24)36-14-34/h1-2,5-6,9-14,35-36H,3-4,7-8H2,(H,29,31)(H,30,32). The highest BCUT2D eigenvalue weighted by atomic mass is 31.1. The second kappa shape index (κ2) is 8.58. The molecular formula is C28H22N4O2P2. The van der Waals surface area contributed by atoms with Crippen molar-refractivity contribution in [3.63, 3.8) is 0 Å². The van der Waals surface area contributed by atoms with Crippen molar-refractivity contribution in [3.8, 4) is 33.6 Å². The molecule has 176 valence electrons. The van der Waals surface area contributed by atoms with Gasteiger partial charge in [-0.05, 0) is 76.4 Å². The molecule has 2 aliphatic carbocycles. The van der Waals surface area contributed by atoms with Crippen molar-refractivity contribution in [1.82, 2.24) is 19.9 Å². The van der Waals surface area contributed by atoms with Crippen molar-refractivity contribution in [3.05, 3.63) is 71.0 Å². The molecule has 2 unspecified atom stereocenters. The van der Waals surface area contributed by atoms with Crippen molar-refractivity contribution in [2.75, 3.05) is 0 Å². The number of nitrogens with zero attached hydrogens (tertiary/aromatic N) is 2. The molecular weight excluding hydrogens is 486 g/mol. The summed E-state index contributed by atoms with van der Waals surface area (Å²) in [6.45, 7) is 0. The highest BCUT2D eigenvalue weighted by molar-refractivity contribution is 7.62. The molecule has 2 heterocycles. The van der Waals surface area contributed by atoms with Gasteiger partial charge in [-0.3, -0.25) is 9.59 Å². The predicted molar refractivity (Wildman–Crippen MR) is 149 cm³/mol. The molecule has 2 aromatic heterocycles. The van der Waals surface area contributed by atoms with Crippen LogP contribution < -0.4 is 11.1 Å². The number of hydrogen-bond acceptors (Lipinski definition) is 4. The average Bonchev–Trinajstić information content (AvgIpc) is 3.54. The van der Waals surface area contributed by atoms with Gasteiger partial charge in [0.05, 0.1) is 17.6 Å². The van der Waals surface area contributed by atoms with E-state index in [4.69, 9.17) is 4.98 Å². The Labute approximate surface area is 210 Å². The summed E-state index contributed by atoms with van der Waals surface area (Å²) >= 11 is 0. The van der Waals surface area contributed by atoms with E-state index in [1.807, 2.05) is 0 Å². The summed E-state index contributed by atoms with van der Waals surface area (Å²) in [6, 6.07) is 17.5. The summed E-state index contributed by atoms with van der Waals surface area (Å²) in [5.41, 5.74) is 13.8. The van der Waals surface area contributed by atoms with Gasteiger partial charge in [-0.2, -0.15) is 0 Å². The van der Waals surface area contributed by atoms with E-state index in [1.54, 1.807) is 6.20 Å². The molecule has 2 atom stereocenters. The van der Waals surface area contributed by atoms with Crippen LogP contribution in [0.15, 0.2) is 48.7 Å². The summed E-state index contributed by atoms with van der Waals surface area (Å²) in [5.74, 6) is 0. The van der Waals surface area contributed by atoms with Crippen LogP contribution in [-0.4, -0.2) is 32.0 Å². The first-order valence-corrected chi connectivity index (χ1v) is 14.1. The van der Waals surface area contributed by atoms with Gasteiger partial charge in [0.15, 0.2) is 0 Å². The number of H-pyrrole nitrogens is 2. The lowest BCUT2D eigenvalue weighted by molar-refractivity contribution is 0.569. The Bertz CT molecular complexity index is 1700. The number of aromatic amines is 2. The normalized spacial score (nSPS) is 14.2. The third kappa shape index (κ3) is 3.48. The highest BCUT2D eigenvalue weighted by Crippen LogP contribution is 2.43. The highest BCUT2D eigenvalue weighted by Gasteiger charge is 2.27. The summed E-state index contributed by atoms with van der Waals surface area (Å²) in [6.07, 6.45) is 5.78. The maximum absolute atomic E-state index is 11.0. The van der Waals surface area contributed by atoms with Crippen LogP contribution in [0, 0.1) is 0 Å². The van der Waals surface area contributed by atoms with Crippen LogP contribution in [-0.2, 0) is 35.3 Å². The number of imidazole rings is 2. The largest absolute Gasteiger partial charge is 0.341 e. The number of aryl methyl sites for hydroxylation is 2. The minimum absolute atomic E-state index is 0.0470. The van der Waals surface area contributed by atoms with Crippen molar-refractivity contribution in [2.24, 2.45) is 0 Å². The van der Waals surface area contributed by atoms with Crippen LogP contribution in [0.5, 0.6) is 0 Å². The van der Waals surface area contributed by atoms with Gasteiger partial charge >= 0.3 is 0 Å². The third-order valence-electron chi connectivity index (χ3n) is 7.36. The van der Waals surface area contributed by atoms with Gasteiger partial charge in [0, 0.05) is 34.0 Å². The Morgan fingerprint density at radius 3 is 2.44 bits per heavy atom. The molecule has 0 fully saturated rings. The van der Waals surface area contributed by atoms with Gasteiger partial charge in [0.1, 0.15) is 23.2 Å². The minimum atomic E-state index is 0.0470. The molecule has 2 N–H and O–H groups in total. The van der Waals surface area contributed by atoms with Crippen molar-refractivity contribution in [2.45, 2.75) is 25.7 Å². The van der Waals surface area contributed by atoms with Crippen LogP contribution in [0.25, 0.3) is 44.4 Å². The van der Waals surface area contributed by atoms with E-state index in [9.17, 15) is 9.59 Å². The summed E-state index contributed by atoms with van der Waals surface area (Å²) in [4.78, 5) is 37.5. The fourth-order valence-corrected chi connectivity index (χ4v) is 6.72. The van der Waals surface area contributed by atoms with Crippen molar-refractivity contribution < 1.29 is 9.59 Å². The maximum atomic E-state index is 11.0. The van der Waals surface area contributed by atoms with Crippen LogP contribution >= 0.6 is 17.2 Å². The second-order valence-corrected chi connectivity index (χ2v) is 11.3. The quantitative estimate of drug-likeness (QED) is 0.271. The molecule has 6 nitrogen and oxygen atoms in total. The average molecular weight is 508 g/mol. The van der Waals surface area contributed by atoms with E-state index in [-0.39, 0.29) is 17.2 Å². The Morgan fingerprint density at radius 1 is 0.750 bits per heavy atom. The van der Waals surface area contributed by atoms with Gasteiger partial charge in [-0.15, -0.1) is 0 Å². The molecule has 0 bridgehead atoms. The lowest BCUT2D eigenvalue weighted by Crippen LogP contribution is -2.12. The molecule has 0 spiro atoms. The smallest absolute Gasteiger partial charge is 0.146 e. The zero-order valence-electron chi connectivity index (χ0n) is 19.3. The minimum Gasteiger partial charge on any atom is -0.341 e. The summed E-state index contributed by atoms with van der Waals surface area (Å²) in [5, 5.41) is 2.43. The Kier molecular flexibility index (Phi) is 5.20. The molecule has 0 aliphatic heterocycles. The molecule has 0 saturated heterocycles. The Hall–Kier alpha value is -3.46. The third-order valence-corrected chi connectivity index (χ3v) is 8.64. The SMILES string of the molecule is O=CPc1ncc(-c2ccc3cc4c(cc3c2)CCc2c-4ccc3c2CCc2[nH]c(PC=O)nc2-3)[nH]1. The van der Waals surface area contributed by atoms with Gasteiger partial charge < -0.3 is 9.97 Å². The first-order chi connectivity index (χ1) is 17.7. The van der Waals surface area contributed by atoms with E-state index in [1.165, 1.54) is 44.2 Å². The van der Waals surface area contributed by atoms with Gasteiger partial charge in [0.2, 0.25) is 0 Å². The molecule has 8 heteroatoms. The van der Waals surface area contributed by atoms with Crippen LogP contribution in [0.3, 0.4) is 0 Å². The number of aromatic nitrogens is 4. The molecule has 0 radical (unpaired) electrons. The topological polar surface area (TPSA) is 91.5 Å². The number of carbonyl (C=O) groups excluding carboxylic acids is 2. The van der Waals surface area contributed by atoms with Crippen LogP contribution in [0.2, 0.25) is 0 Å². The zero-order valence-corrected chi connectivity index (χ0v) is 21.3. The number of carbonyl (C=O) groups is 2. The monoisotopic (exact) mass is 508 g/mol. The lowest BCUT2D eigenvalue weighted by Gasteiger charge is -2.27. The van der Waals surface area contributed by atoms with E-state index in [0.717, 1.165) is 65.9 Å². The summed E-state index contributed by atoms with van der Waals surface area (Å²) in [7, 11) is 0.119. The zero-order chi connectivity index (χ0) is 24.2. The number of fused-ring (bicyclic) bond motifs is 8. The Morgan fingerprint density at radius 2 is 1.56 bits per heavy atom. The fraction of sp³-hybridized carbons (Fsp3) is 0.143. The van der Waals surface area contributed by atoms with E-state index in [2.05, 4.69) is 57.4 Å². The molecule has 5 aromatic rings. The van der Waals surface area contributed by atoms with Gasteiger partial charge in [0.25, 0.3) is 0 Å². The van der Waals surface area contributed by atoms with Gasteiger partial charge in [-0.1, -0.05) is 30.3 Å². The van der Waals surface area contributed by atoms with E-state index < -0.39 is 0 Å². The van der Waals surface area contributed by atoms with Crippen LogP contribution in [0.4, 0.5) is 0 Å². The van der Waals surface area contributed by atoms with E-state index in [0.29, 0.717) is 5.57 Å². The molecule has 0 saturated carbocycles. The lowest BCUT2D eigenvalue weighted by atomic mass is 9.78. The fourth-order valence-electron chi connectivity index (χ4n) is 5.75. The molecule has 0 amide bonds.